The first-order chi connectivity index (χ1) is 8.40. The summed E-state index contributed by atoms with van der Waals surface area (Å²) in [7, 11) is 0. The van der Waals surface area contributed by atoms with E-state index in [0.29, 0.717) is 0 Å². The molecule has 2 rings (SSSR count). The van der Waals surface area contributed by atoms with E-state index in [2.05, 4.69) is 34.6 Å². The van der Waals surface area contributed by atoms with Gasteiger partial charge in [0.25, 0.3) is 0 Å². The fourth-order valence-corrected chi connectivity index (χ4v) is 1.86. The van der Waals surface area contributed by atoms with Crippen LogP contribution in [0.5, 0.6) is 0 Å². The van der Waals surface area contributed by atoms with E-state index < -0.39 is 0 Å². The number of hydrogen-bond acceptors (Lipinski definition) is 3. The van der Waals surface area contributed by atoms with Crippen LogP contribution >= 0.6 is 0 Å². The molecular weight excluding hydrogens is 210 g/mol. The minimum absolute atomic E-state index is 0.781. The van der Waals surface area contributed by atoms with Gasteiger partial charge in [0.15, 0.2) is 0 Å². The number of pyridine rings is 1. The predicted octanol–water partition coefficient (Wildman–Crippen LogP) is 2.06. The molecule has 0 amide bonds. The number of nitrogens with one attached hydrogen (secondary N) is 1. The van der Waals surface area contributed by atoms with Crippen molar-refractivity contribution in [3.05, 3.63) is 42.1 Å². The van der Waals surface area contributed by atoms with Crippen molar-refractivity contribution in [3.8, 4) is 0 Å². The van der Waals surface area contributed by atoms with Gasteiger partial charge in [0.05, 0.1) is 5.52 Å². The molecule has 0 radical (unpaired) electrons. The normalized spacial score (nSPS) is 10.9. The third kappa shape index (κ3) is 3.51. The van der Waals surface area contributed by atoms with Crippen molar-refractivity contribution in [2.45, 2.75) is 19.4 Å². The summed E-state index contributed by atoms with van der Waals surface area (Å²) in [6.07, 6.45) is 4.06. The molecule has 2 aromatic rings. The largest absolute Gasteiger partial charge is 0.330 e. The number of hydrogen-bond donors (Lipinski definition) is 2. The lowest BCUT2D eigenvalue weighted by Crippen LogP contribution is -2.15. The molecule has 1 aromatic heterocycles. The lowest BCUT2D eigenvalue weighted by atomic mass is 10.1. The number of unbranched alkanes of at least 4 members (excludes halogenated alkanes) is 1. The first kappa shape index (κ1) is 12.0. The van der Waals surface area contributed by atoms with Gasteiger partial charge in [-0.15, -0.1) is 0 Å². The van der Waals surface area contributed by atoms with Crippen molar-refractivity contribution < 1.29 is 0 Å². The summed E-state index contributed by atoms with van der Waals surface area (Å²) in [6, 6.07) is 10.5. The minimum atomic E-state index is 0.781. The fraction of sp³-hybridized carbons (Fsp3) is 0.357. The summed E-state index contributed by atoms with van der Waals surface area (Å²) in [6.45, 7) is 2.72. The number of rotatable bonds is 6. The molecule has 0 fully saturated rings. The van der Waals surface area contributed by atoms with Gasteiger partial charge in [-0.2, -0.15) is 0 Å². The zero-order valence-corrected chi connectivity index (χ0v) is 10.0. The lowest BCUT2D eigenvalue weighted by Gasteiger charge is -2.05. The van der Waals surface area contributed by atoms with Gasteiger partial charge in [0, 0.05) is 18.1 Å². The molecule has 0 aliphatic heterocycles. The summed E-state index contributed by atoms with van der Waals surface area (Å²) >= 11 is 0. The number of aromatic nitrogens is 1. The molecule has 0 bridgehead atoms. The summed E-state index contributed by atoms with van der Waals surface area (Å²) in [5, 5.41) is 4.63. The molecular formula is C14H19N3. The Morgan fingerprint density at radius 1 is 1.18 bits per heavy atom. The SMILES string of the molecule is NCCCCNCc1ccc2ncccc2c1. The Kier molecular flexibility index (Phi) is 4.47. The highest BCUT2D eigenvalue weighted by molar-refractivity contribution is 5.78. The van der Waals surface area contributed by atoms with Crippen molar-refractivity contribution >= 4 is 10.9 Å². The van der Waals surface area contributed by atoms with Gasteiger partial charge < -0.3 is 11.1 Å². The molecule has 3 nitrogen and oxygen atoms in total. The Morgan fingerprint density at radius 2 is 2.12 bits per heavy atom. The van der Waals surface area contributed by atoms with Crippen LogP contribution in [-0.2, 0) is 6.54 Å². The van der Waals surface area contributed by atoms with Gasteiger partial charge in [0.1, 0.15) is 0 Å². The second-order valence-corrected chi connectivity index (χ2v) is 4.20. The van der Waals surface area contributed by atoms with E-state index >= 15 is 0 Å². The van der Waals surface area contributed by atoms with Crippen LogP contribution in [0.4, 0.5) is 0 Å². The maximum absolute atomic E-state index is 5.45. The molecule has 17 heavy (non-hydrogen) atoms. The molecule has 3 heteroatoms. The zero-order chi connectivity index (χ0) is 11.9. The standard InChI is InChI=1S/C14H19N3/c15-7-1-2-8-16-11-12-5-6-14-13(10-12)4-3-9-17-14/h3-6,9-10,16H,1-2,7-8,11,15H2. The molecule has 0 saturated carbocycles. The van der Waals surface area contributed by atoms with Crippen LogP contribution < -0.4 is 11.1 Å². The monoisotopic (exact) mass is 229 g/mol. The summed E-state index contributed by atoms with van der Waals surface area (Å²) in [4.78, 5) is 4.31. The highest BCUT2D eigenvalue weighted by Crippen LogP contribution is 2.12. The van der Waals surface area contributed by atoms with Crippen LogP contribution in [0.1, 0.15) is 18.4 Å². The Bertz CT molecular complexity index is 468. The van der Waals surface area contributed by atoms with E-state index in [0.717, 1.165) is 38.0 Å². The summed E-state index contributed by atoms with van der Waals surface area (Å²) in [5.41, 5.74) is 7.81. The van der Waals surface area contributed by atoms with Crippen LogP contribution in [-0.4, -0.2) is 18.1 Å². The first-order valence-electron chi connectivity index (χ1n) is 6.14. The molecule has 90 valence electrons. The number of nitrogens with zero attached hydrogens (tertiary/aromatic N) is 1. The molecule has 1 aromatic carbocycles. The second kappa shape index (κ2) is 6.33. The number of nitrogens with two attached hydrogens (primary N) is 1. The third-order valence-corrected chi connectivity index (χ3v) is 2.80. The van der Waals surface area contributed by atoms with Gasteiger partial charge in [-0.25, -0.2) is 0 Å². The van der Waals surface area contributed by atoms with Crippen molar-refractivity contribution in [3.63, 3.8) is 0 Å². The van der Waals surface area contributed by atoms with Crippen molar-refractivity contribution in [2.75, 3.05) is 13.1 Å². The number of benzene rings is 1. The number of fused-ring (bicyclic) bond motifs is 1. The lowest BCUT2D eigenvalue weighted by molar-refractivity contribution is 0.628. The molecule has 0 aliphatic rings. The Morgan fingerprint density at radius 3 is 3.00 bits per heavy atom. The second-order valence-electron chi connectivity index (χ2n) is 4.20. The average Bonchev–Trinajstić information content (AvgIpc) is 2.38. The van der Waals surface area contributed by atoms with Crippen LogP contribution in [0.3, 0.4) is 0 Å². The highest BCUT2D eigenvalue weighted by atomic mass is 14.8. The molecule has 1 heterocycles. The zero-order valence-electron chi connectivity index (χ0n) is 10.0. The van der Waals surface area contributed by atoms with Gasteiger partial charge in [0.2, 0.25) is 0 Å². The highest BCUT2D eigenvalue weighted by Gasteiger charge is 1.96. The van der Waals surface area contributed by atoms with Crippen molar-refractivity contribution in [1.29, 1.82) is 0 Å². The molecule has 0 spiro atoms. The molecule has 3 N–H and O–H groups in total. The smallest absolute Gasteiger partial charge is 0.0702 e. The Hall–Kier alpha value is -1.45. The maximum Gasteiger partial charge on any atom is 0.0702 e. The molecule has 0 saturated heterocycles. The van der Waals surface area contributed by atoms with Gasteiger partial charge in [-0.1, -0.05) is 12.1 Å². The Balaban J connectivity index is 1.90. The van der Waals surface area contributed by atoms with E-state index in [1.807, 2.05) is 12.3 Å². The molecule has 0 aliphatic carbocycles. The topological polar surface area (TPSA) is 50.9 Å². The van der Waals surface area contributed by atoms with Gasteiger partial charge >= 0.3 is 0 Å². The quantitative estimate of drug-likeness (QED) is 0.745. The van der Waals surface area contributed by atoms with E-state index in [4.69, 9.17) is 5.73 Å². The summed E-state index contributed by atoms with van der Waals surface area (Å²) in [5.74, 6) is 0. The van der Waals surface area contributed by atoms with Crippen LogP contribution in [0.2, 0.25) is 0 Å². The van der Waals surface area contributed by atoms with Crippen LogP contribution in [0.25, 0.3) is 10.9 Å². The first-order valence-corrected chi connectivity index (χ1v) is 6.14. The van der Waals surface area contributed by atoms with Gasteiger partial charge in [-0.3, -0.25) is 4.98 Å². The van der Waals surface area contributed by atoms with E-state index in [1.165, 1.54) is 10.9 Å². The van der Waals surface area contributed by atoms with Gasteiger partial charge in [-0.05, 0) is 49.7 Å². The third-order valence-electron chi connectivity index (χ3n) is 2.80. The summed E-state index contributed by atoms with van der Waals surface area (Å²) < 4.78 is 0. The van der Waals surface area contributed by atoms with E-state index in [1.54, 1.807) is 0 Å². The van der Waals surface area contributed by atoms with E-state index in [9.17, 15) is 0 Å². The molecule has 0 atom stereocenters. The van der Waals surface area contributed by atoms with Crippen molar-refractivity contribution in [2.24, 2.45) is 5.73 Å². The van der Waals surface area contributed by atoms with Crippen LogP contribution in [0, 0.1) is 0 Å². The maximum atomic E-state index is 5.45. The van der Waals surface area contributed by atoms with Crippen molar-refractivity contribution in [1.82, 2.24) is 10.3 Å². The average molecular weight is 229 g/mol. The van der Waals surface area contributed by atoms with E-state index in [-0.39, 0.29) is 0 Å². The Labute approximate surface area is 102 Å². The molecule has 0 unspecified atom stereocenters. The predicted molar refractivity (Wildman–Crippen MR) is 71.7 cm³/mol. The van der Waals surface area contributed by atoms with Crippen LogP contribution in [0.15, 0.2) is 36.5 Å². The fourth-order valence-electron chi connectivity index (χ4n) is 1.86. The minimum Gasteiger partial charge on any atom is -0.330 e.